The second kappa shape index (κ2) is 8.45. The normalized spacial score (nSPS) is 12.0. The fourth-order valence-corrected chi connectivity index (χ4v) is 3.84. The highest BCUT2D eigenvalue weighted by molar-refractivity contribution is 7.12. The summed E-state index contributed by atoms with van der Waals surface area (Å²) in [5, 5.41) is 10.6. The number of hydrogen-bond acceptors (Lipinski definition) is 5. The van der Waals surface area contributed by atoms with Crippen LogP contribution in [0.3, 0.4) is 0 Å². The number of aromatic nitrogens is 1. The van der Waals surface area contributed by atoms with Crippen molar-refractivity contribution in [2.75, 3.05) is 5.32 Å². The number of thiophene rings is 1. The number of thiazole rings is 1. The number of anilines is 1. The first kappa shape index (κ1) is 19.3. The van der Waals surface area contributed by atoms with E-state index in [-0.39, 0.29) is 17.7 Å². The van der Waals surface area contributed by atoms with Crippen LogP contribution in [-0.2, 0) is 4.79 Å². The number of amides is 2. The molecular formula is C20H21N3O2S2. The van der Waals surface area contributed by atoms with E-state index in [9.17, 15) is 9.59 Å². The minimum Gasteiger partial charge on any atom is -0.339 e. The predicted octanol–water partition coefficient (Wildman–Crippen LogP) is 4.57. The molecule has 0 unspecified atom stereocenters. The van der Waals surface area contributed by atoms with E-state index in [0.29, 0.717) is 10.6 Å². The Morgan fingerprint density at radius 3 is 2.37 bits per heavy atom. The maximum atomic E-state index is 12.7. The van der Waals surface area contributed by atoms with E-state index < -0.39 is 6.04 Å². The molecule has 3 aromatic rings. The molecule has 0 aliphatic carbocycles. The van der Waals surface area contributed by atoms with Gasteiger partial charge < -0.3 is 10.6 Å². The van der Waals surface area contributed by atoms with Crippen molar-refractivity contribution in [3.8, 4) is 11.3 Å². The van der Waals surface area contributed by atoms with Gasteiger partial charge in [0, 0.05) is 16.6 Å². The third kappa shape index (κ3) is 4.81. The molecule has 2 N–H and O–H groups in total. The molecule has 0 fully saturated rings. The Hall–Kier alpha value is -2.51. The summed E-state index contributed by atoms with van der Waals surface area (Å²) < 4.78 is 0. The van der Waals surface area contributed by atoms with Crippen LogP contribution in [-0.4, -0.2) is 22.8 Å². The van der Waals surface area contributed by atoms with Gasteiger partial charge >= 0.3 is 0 Å². The highest BCUT2D eigenvalue weighted by Gasteiger charge is 2.25. The van der Waals surface area contributed by atoms with Crippen LogP contribution in [0.4, 0.5) is 5.69 Å². The Bertz CT molecular complexity index is 915. The molecule has 2 aromatic heterocycles. The molecule has 3 rings (SSSR count). The molecule has 0 spiro atoms. The summed E-state index contributed by atoms with van der Waals surface area (Å²) in [6, 6.07) is 10.5. The second-order valence-corrected chi connectivity index (χ2v) is 8.50. The SMILES string of the molecule is Cc1nc(-c2ccc(NC(=O)[C@@H](NC(=O)c3cccs3)C(C)C)cc2)cs1. The van der Waals surface area contributed by atoms with E-state index in [1.807, 2.05) is 61.9 Å². The zero-order chi connectivity index (χ0) is 19.4. The summed E-state index contributed by atoms with van der Waals surface area (Å²) >= 11 is 2.96. The number of nitrogens with one attached hydrogen (secondary N) is 2. The lowest BCUT2D eigenvalue weighted by atomic mass is 10.0. The van der Waals surface area contributed by atoms with Crippen LogP contribution in [0.25, 0.3) is 11.3 Å². The molecule has 1 aromatic carbocycles. The number of nitrogens with zero attached hydrogens (tertiary/aromatic N) is 1. The highest BCUT2D eigenvalue weighted by atomic mass is 32.1. The zero-order valence-electron chi connectivity index (χ0n) is 15.4. The molecule has 140 valence electrons. The maximum absolute atomic E-state index is 12.7. The Kier molecular flexibility index (Phi) is 6.03. The third-order valence-electron chi connectivity index (χ3n) is 4.05. The van der Waals surface area contributed by atoms with Crippen molar-refractivity contribution >= 4 is 40.2 Å². The molecule has 7 heteroatoms. The van der Waals surface area contributed by atoms with Gasteiger partial charge in [0.15, 0.2) is 0 Å². The number of carbonyl (C=O) groups is 2. The van der Waals surface area contributed by atoms with E-state index in [1.165, 1.54) is 11.3 Å². The summed E-state index contributed by atoms with van der Waals surface area (Å²) in [7, 11) is 0. The minimum atomic E-state index is -0.611. The molecule has 0 aliphatic heterocycles. The molecule has 0 bridgehead atoms. The van der Waals surface area contributed by atoms with Crippen LogP contribution in [0, 0.1) is 12.8 Å². The van der Waals surface area contributed by atoms with Crippen molar-refractivity contribution in [3.63, 3.8) is 0 Å². The first-order valence-electron chi connectivity index (χ1n) is 8.62. The molecule has 0 radical (unpaired) electrons. The molecule has 2 amide bonds. The Labute approximate surface area is 166 Å². The summed E-state index contributed by atoms with van der Waals surface area (Å²) in [6.07, 6.45) is 0. The summed E-state index contributed by atoms with van der Waals surface area (Å²) in [5.74, 6) is -0.494. The van der Waals surface area contributed by atoms with Gasteiger partial charge in [-0.15, -0.1) is 22.7 Å². The van der Waals surface area contributed by atoms with Crippen molar-refractivity contribution in [3.05, 3.63) is 57.0 Å². The first-order chi connectivity index (χ1) is 12.9. The van der Waals surface area contributed by atoms with Crippen molar-refractivity contribution in [1.29, 1.82) is 0 Å². The largest absolute Gasteiger partial charge is 0.339 e. The lowest BCUT2D eigenvalue weighted by Crippen LogP contribution is -2.46. The van der Waals surface area contributed by atoms with Crippen LogP contribution >= 0.6 is 22.7 Å². The maximum Gasteiger partial charge on any atom is 0.262 e. The number of rotatable bonds is 6. The molecule has 0 aliphatic rings. The van der Waals surface area contributed by atoms with Crippen LogP contribution in [0.1, 0.15) is 28.5 Å². The summed E-state index contributed by atoms with van der Waals surface area (Å²) in [5.41, 5.74) is 2.62. The number of benzene rings is 1. The Morgan fingerprint density at radius 2 is 1.81 bits per heavy atom. The van der Waals surface area contributed by atoms with Gasteiger partial charge in [-0.3, -0.25) is 9.59 Å². The van der Waals surface area contributed by atoms with Gasteiger partial charge in [-0.2, -0.15) is 0 Å². The van der Waals surface area contributed by atoms with E-state index in [2.05, 4.69) is 15.6 Å². The van der Waals surface area contributed by atoms with Gasteiger partial charge in [0.2, 0.25) is 5.91 Å². The van der Waals surface area contributed by atoms with Crippen LogP contribution in [0.15, 0.2) is 47.2 Å². The monoisotopic (exact) mass is 399 g/mol. The Morgan fingerprint density at radius 1 is 1.07 bits per heavy atom. The topological polar surface area (TPSA) is 71.1 Å². The smallest absolute Gasteiger partial charge is 0.262 e. The van der Waals surface area contributed by atoms with E-state index in [0.717, 1.165) is 16.3 Å². The molecule has 0 saturated heterocycles. The van der Waals surface area contributed by atoms with Gasteiger partial charge in [-0.25, -0.2) is 4.98 Å². The van der Waals surface area contributed by atoms with Gasteiger partial charge in [-0.1, -0.05) is 32.0 Å². The second-order valence-electron chi connectivity index (χ2n) is 6.49. The van der Waals surface area contributed by atoms with Crippen molar-refractivity contribution < 1.29 is 9.59 Å². The average Bonchev–Trinajstić information content (AvgIpc) is 3.31. The third-order valence-corrected chi connectivity index (χ3v) is 5.69. The fourth-order valence-electron chi connectivity index (χ4n) is 2.60. The highest BCUT2D eigenvalue weighted by Crippen LogP contribution is 2.23. The molecule has 1 atom stereocenters. The van der Waals surface area contributed by atoms with E-state index in [4.69, 9.17) is 0 Å². The van der Waals surface area contributed by atoms with Crippen LogP contribution < -0.4 is 10.6 Å². The van der Waals surface area contributed by atoms with E-state index >= 15 is 0 Å². The summed E-state index contributed by atoms with van der Waals surface area (Å²) in [4.78, 5) is 30.0. The molecular weight excluding hydrogens is 378 g/mol. The van der Waals surface area contributed by atoms with Crippen molar-refractivity contribution in [1.82, 2.24) is 10.3 Å². The molecule has 5 nitrogen and oxygen atoms in total. The lowest BCUT2D eigenvalue weighted by molar-refractivity contribution is -0.118. The minimum absolute atomic E-state index is 0.0360. The predicted molar refractivity (Wildman–Crippen MR) is 111 cm³/mol. The Balaban J connectivity index is 1.67. The number of aryl methyl sites for hydroxylation is 1. The van der Waals surface area contributed by atoms with E-state index in [1.54, 1.807) is 17.4 Å². The van der Waals surface area contributed by atoms with Crippen LogP contribution in [0.5, 0.6) is 0 Å². The molecule has 27 heavy (non-hydrogen) atoms. The van der Waals surface area contributed by atoms with Crippen LogP contribution in [0.2, 0.25) is 0 Å². The standard InChI is InChI=1S/C20H21N3O2S2/c1-12(2)18(23-19(24)17-5-4-10-26-17)20(25)22-15-8-6-14(7-9-15)16-11-27-13(3)21-16/h4-12,18H,1-3H3,(H,22,25)(H,23,24)/t18-/m0/s1. The zero-order valence-corrected chi connectivity index (χ0v) is 17.0. The summed E-state index contributed by atoms with van der Waals surface area (Å²) in [6.45, 7) is 5.79. The van der Waals surface area contributed by atoms with Gasteiger partial charge in [-0.05, 0) is 36.4 Å². The van der Waals surface area contributed by atoms with Crippen molar-refractivity contribution in [2.24, 2.45) is 5.92 Å². The molecule has 0 saturated carbocycles. The quantitative estimate of drug-likeness (QED) is 0.638. The van der Waals surface area contributed by atoms with Crippen molar-refractivity contribution in [2.45, 2.75) is 26.8 Å². The van der Waals surface area contributed by atoms with Gasteiger partial charge in [0.05, 0.1) is 15.6 Å². The average molecular weight is 400 g/mol. The first-order valence-corrected chi connectivity index (χ1v) is 10.4. The molecule has 2 heterocycles. The number of carbonyl (C=O) groups excluding carboxylic acids is 2. The number of hydrogen-bond donors (Lipinski definition) is 2. The fraction of sp³-hybridized carbons (Fsp3) is 0.250. The van der Waals surface area contributed by atoms with Gasteiger partial charge in [0.25, 0.3) is 5.91 Å². The van der Waals surface area contributed by atoms with Gasteiger partial charge in [0.1, 0.15) is 6.04 Å². The lowest BCUT2D eigenvalue weighted by Gasteiger charge is -2.21.